The maximum atomic E-state index is 6.06. The van der Waals surface area contributed by atoms with E-state index in [4.69, 9.17) is 9.47 Å². The summed E-state index contributed by atoms with van der Waals surface area (Å²) in [6, 6.07) is 16.4. The molecule has 104 valence electrons. The lowest BCUT2D eigenvalue weighted by molar-refractivity contribution is 0.0657. The van der Waals surface area contributed by atoms with Crippen LogP contribution in [-0.4, -0.2) is 7.11 Å². The van der Waals surface area contributed by atoms with Gasteiger partial charge in [0.25, 0.3) is 0 Å². The Morgan fingerprint density at radius 1 is 1.05 bits per heavy atom. The molecule has 0 aliphatic carbocycles. The number of hydrogen-bond donors (Lipinski definition) is 0. The molecule has 21 heavy (non-hydrogen) atoms. The summed E-state index contributed by atoms with van der Waals surface area (Å²) >= 11 is 0. The van der Waals surface area contributed by atoms with E-state index in [1.54, 1.807) is 7.11 Å². The van der Waals surface area contributed by atoms with Gasteiger partial charge in [-0.1, -0.05) is 36.1 Å². The molecule has 2 aliphatic rings. The van der Waals surface area contributed by atoms with Gasteiger partial charge in [0, 0.05) is 5.56 Å². The monoisotopic (exact) mass is 276 g/mol. The van der Waals surface area contributed by atoms with Gasteiger partial charge in [-0.15, -0.1) is 0 Å². The van der Waals surface area contributed by atoms with E-state index in [9.17, 15) is 0 Å². The first kappa shape index (κ1) is 12.5. The molecule has 0 amide bonds. The second kappa shape index (κ2) is 4.95. The molecular formula is C19H16O2. The molecule has 0 spiro atoms. The summed E-state index contributed by atoms with van der Waals surface area (Å²) in [4.78, 5) is 0. The van der Waals surface area contributed by atoms with Gasteiger partial charge in [0.1, 0.15) is 5.75 Å². The fourth-order valence-electron chi connectivity index (χ4n) is 3.22. The largest absolute Gasteiger partial charge is 0.497 e. The number of rotatable bonds is 1. The van der Waals surface area contributed by atoms with Crippen LogP contribution in [0.2, 0.25) is 0 Å². The van der Waals surface area contributed by atoms with E-state index in [1.165, 1.54) is 11.1 Å². The van der Waals surface area contributed by atoms with Crippen LogP contribution in [0.1, 0.15) is 35.3 Å². The fraction of sp³-hybridized carbons (Fsp3) is 0.263. The van der Waals surface area contributed by atoms with Crippen molar-refractivity contribution in [1.29, 1.82) is 0 Å². The van der Waals surface area contributed by atoms with Crippen molar-refractivity contribution in [2.24, 2.45) is 5.92 Å². The van der Waals surface area contributed by atoms with E-state index in [0.717, 1.165) is 17.7 Å². The molecule has 2 nitrogen and oxygen atoms in total. The van der Waals surface area contributed by atoms with Crippen molar-refractivity contribution in [3.05, 3.63) is 65.2 Å². The van der Waals surface area contributed by atoms with Crippen molar-refractivity contribution in [3.63, 3.8) is 0 Å². The summed E-state index contributed by atoms with van der Waals surface area (Å²) in [7, 11) is 1.67. The Morgan fingerprint density at radius 2 is 1.81 bits per heavy atom. The highest BCUT2D eigenvalue weighted by Gasteiger charge is 2.44. The molecule has 2 heteroatoms. The highest BCUT2D eigenvalue weighted by Crippen LogP contribution is 2.53. The zero-order valence-corrected chi connectivity index (χ0v) is 11.9. The summed E-state index contributed by atoms with van der Waals surface area (Å²) in [5.74, 6) is 7.82. The van der Waals surface area contributed by atoms with Crippen molar-refractivity contribution in [3.8, 4) is 17.6 Å². The third-order valence-corrected chi connectivity index (χ3v) is 4.29. The van der Waals surface area contributed by atoms with E-state index < -0.39 is 0 Å². The summed E-state index contributed by atoms with van der Waals surface area (Å²) in [5.41, 5.74) is 3.69. The lowest BCUT2D eigenvalue weighted by atomic mass is 9.84. The van der Waals surface area contributed by atoms with Crippen LogP contribution in [0.25, 0.3) is 0 Å². The normalized spacial score (nSPS) is 25.1. The van der Waals surface area contributed by atoms with Crippen LogP contribution in [0, 0.1) is 17.8 Å². The van der Waals surface area contributed by atoms with Gasteiger partial charge in [-0.05, 0) is 41.8 Å². The minimum Gasteiger partial charge on any atom is -0.497 e. The molecule has 4 rings (SSSR count). The topological polar surface area (TPSA) is 18.5 Å². The van der Waals surface area contributed by atoms with Crippen LogP contribution in [-0.2, 0) is 4.74 Å². The lowest BCUT2D eigenvalue weighted by Crippen LogP contribution is -2.08. The minimum atomic E-state index is 0.150. The van der Waals surface area contributed by atoms with Crippen LogP contribution in [0.4, 0.5) is 0 Å². The first-order valence-corrected chi connectivity index (χ1v) is 7.25. The number of benzene rings is 2. The van der Waals surface area contributed by atoms with Gasteiger partial charge in [0.05, 0.1) is 25.2 Å². The Morgan fingerprint density at radius 3 is 2.57 bits per heavy atom. The van der Waals surface area contributed by atoms with Crippen molar-refractivity contribution in [1.82, 2.24) is 0 Å². The highest BCUT2D eigenvalue weighted by atomic mass is 16.5. The molecular weight excluding hydrogens is 260 g/mol. The molecule has 2 bridgehead atoms. The van der Waals surface area contributed by atoms with Crippen LogP contribution in [0.3, 0.4) is 0 Å². The maximum Gasteiger partial charge on any atom is 0.118 e. The van der Waals surface area contributed by atoms with Gasteiger partial charge in [-0.25, -0.2) is 0 Å². The minimum absolute atomic E-state index is 0.150. The summed E-state index contributed by atoms with van der Waals surface area (Å²) in [6.45, 7) is 0. The Bertz CT molecular complexity index is 721. The molecule has 2 aromatic carbocycles. The second-order valence-electron chi connectivity index (χ2n) is 5.51. The molecule has 2 aliphatic heterocycles. The maximum absolute atomic E-state index is 6.06. The van der Waals surface area contributed by atoms with Crippen LogP contribution < -0.4 is 4.74 Å². The van der Waals surface area contributed by atoms with Gasteiger partial charge in [0.2, 0.25) is 0 Å². The fourth-order valence-corrected chi connectivity index (χ4v) is 3.22. The van der Waals surface area contributed by atoms with Crippen molar-refractivity contribution in [2.45, 2.75) is 18.6 Å². The number of hydrogen-bond acceptors (Lipinski definition) is 2. The average molecular weight is 276 g/mol. The zero-order chi connectivity index (χ0) is 14.2. The van der Waals surface area contributed by atoms with Crippen LogP contribution >= 0.6 is 0 Å². The molecule has 0 radical (unpaired) electrons. The number of ether oxygens (including phenoxy) is 2. The molecule has 0 N–H and O–H groups in total. The van der Waals surface area contributed by atoms with Gasteiger partial charge in [-0.2, -0.15) is 0 Å². The third kappa shape index (κ3) is 2.11. The first-order valence-electron chi connectivity index (χ1n) is 7.25. The molecule has 3 atom stereocenters. The van der Waals surface area contributed by atoms with E-state index in [-0.39, 0.29) is 12.2 Å². The number of fused-ring (bicyclic) bond motifs is 5. The van der Waals surface area contributed by atoms with E-state index in [1.807, 2.05) is 24.3 Å². The summed E-state index contributed by atoms with van der Waals surface area (Å²) in [5, 5.41) is 0. The summed E-state index contributed by atoms with van der Waals surface area (Å²) in [6.07, 6.45) is 1.39. The molecule has 1 saturated heterocycles. The predicted octanol–water partition coefficient (Wildman–Crippen LogP) is 3.88. The second-order valence-corrected chi connectivity index (χ2v) is 5.51. The SMILES string of the molecule is COc1ccc(C#C[C@@H]2CC3OC2c2ccccc23)cc1. The van der Waals surface area contributed by atoms with Gasteiger partial charge >= 0.3 is 0 Å². The van der Waals surface area contributed by atoms with Gasteiger partial charge in [0.15, 0.2) is 0 Å². The Labute approximate surface area is 124 Å². The van der Waals surface area contributed by atoms with Crippen molar-refractivity contribution >= 4 is 0 Å². The number of methoxy groups -OCH3 is 1. The molecule has 0 saturated carbocycles. The van der Waals surface area contributed by atoms with E-state index >= 15 is 0 Å². The Kier molecular flexibility index (Phi) is 2.94. The molecule has 2 aromatic rings. The molecule has 1 fully saturated rings. The molecule has 0 aromatic heterocycles. The average Bonchev–Trinajstić information content (AvgIpc) is 3.12. The van der Waals surface area contributed by atoms with Gasteiger partial charge in [-0.3, -0.25) is 0 Å². The lowest BCUT2D eigenvalue weighted by Gasteiger charge is -2.16. The summed E-state index contributed by atoms with van der Waals surface area (Å²) < 4.78 is 11.2. The third-order valence-electron chi connectivity index (χ3n) is 4.29. The first-order chi connectivity index (χ1) is 10.3. The van der Waals surface area contributed by atoms with E-state index in [0.29, 0.717) is 5.92 Å². The standard InChI is InChI=1S/C19H16O2/c1-20-15-10-7-13(8-11-15)6-9-14-12-18-16-4-2-3-5-17(16)19(14)21-18/h2-5,7-8,10-11,14,18-19H,12H2,1H3/t14-,18?,19?/m1/s1. The Balaban J connectivity index is 1.56. The predicted molar refractivity (Wildman–Crippen MR) is 81.0 cm³/mol. The van der Waals surface area contributed by atoms with Crippen molar-refractivity contribution < 1.29 is 9.47 Å². The van der Waals surface area contributed by atoms with Crippen LogP contribution in [0.15, 0.2) is 48.5 Å². The zero-order valence-electron chi connectivity index (χ0n) is 11.9. The highest BCUT2D eigenvalue weighted by molar-refractivity contribution is 5.42. The van der Waals surface area contributed by atoms with Gasteiger partial charge < -0.3 is 9.47 Å². The van der Waals surface area contributed by atoms with E-state index in [2.05, 4.69) is 36.1 Å². The van der Waals surface area contributed by atoms with Crippen LogP contribution in [0.5, 0.6) is 5.75 Å². The molecule has 2 heterocycles. The van der Waals surface area contributed by atoms with Crippen molar-refractivity contribution in [2.75, 3.05) is 7.11 Å². The quantitative estimate of drug-likeness (QED) is 0.736. The smallest absolute Gasteiger partial charge is 0.118 e. The Hall–Kier alpha value is -2.24. The molecule has 2 unspecified atom stereocenters.